The second kappa shape index (κ2) is 10.2. The first kappa shape index (κ1) is 23.1. The Morgan fingerprint density at radius 1 is 1.09 bits per heavy atom. The molecule has 0 atom stereocenters. The number of nitrogens with zero attached hydrogens (tertiary/aromatic N) is 1. The van der Waals surface area contributed by atoms with Crippen LogP contribution in [0.15, 0.2) is 41.4 Å². The number of methoxy groups -OCH3 is 1. The monoisotopic (exact) mass is 462 g/mol. The molecule has 0 spiro atoms. The van der Waals surface area contributed by atoms with Gasteiger partial charge in [0, 0.05) is 22.3 Å². The fraction of sp³-hybridized carbons (Fsp3) is 0.333. The average Bonchev–Trinajstić information content (AvgIpc) is 3.12. The number of amides is 1. The van der Waals surface area contributed by atoms with Crippen molar-refractivity contribution in [2.45, 2.75) is 52.4 Å². The summed E-state index contributed by atoms with van der Waals surface area (Å²) in [5.74, 6) is 0.309. The molecule has 0 aliphatic heterocycles. The second-order valence-corrected chi connectivity index (χ2v) is 9.59. The van der Waals surface area contributed by atoms with Gasteiger partial charge in [0.25, 0.3) is 5.91 Å². The molecule has 33 heavy (non-hydrogen) atoms. The predicted molar refractivity (Wildman–Crippen MR) is 136 cm³/mol. The summed E-state index contributed by atoms with van der Waals surface area (Å²) in [6, 6.07) is 11.2. The van der Waals surface area contributed by atoms with Gasteiger partial charge in [-0.05, 0) is 80.5 Å². The summed E-state index contributed by atoms with van der Waals surface area (Å²) in [4.78, 5) is 19.4. The normalized spacial score (nSPS) is 13.9. The number of aromatic hydroxyl groups is 1. The molecule has 1 aromatic heterocycles. The number of nitrogens with one attached hydrogen (secondary N) is 1. The molecule has 1 heterocycles. The number of rotatable bonds is 5. The SMILES string of the molecule is COc1cccc(C=Nc2sc3c(c2C(=O)Nc2ccc(C)c(C)c2)CCCCCC3)c1O. The summed E-state index contributed by atoms with van der Waals surface area (Å²) < 4.78 is 5.20. The topological polar surface area (TPSA) is 70.9 Å². The van der Waals surface area contributed by atoms with Crippen LogP contribution in [0.1, 0.15) is 63.2 Å². The molecule has 6 heteroatoms. The maximum Gasteiger partial charge on any atom is 0.259 e. The van der Waals surface area contributed by atoms with E-state index in [1.165, 1.54) is 30.4 Å². The zero-order valence-electron chi connectivity index (χ0n) is 19.4. The first-order valence-corrected chi connectivity index (χ1v) is 12.2. The van der Waals surface area contributed by atoms with E-state index in [1.807, 2.05) is 25.1 Å². The summed E-state index contributed by atoms with van der Waals surface area (Å²) in [6.45, 7) is 4.10. The molecular formula is C27H30N2O3S. The van der Waals surface area contributed by atoms with Gasteiger partial charge in [-0.25, -0.2) is 4.99 Å². The zero-order chi connectivity index (χ0) is 23.4. The average molecular weight is 463 g/mol. The Morgan fingerprint density at radius 2 is 1.88 bits per heavy atom. The fourth-order valence-electron chi connectivity index (χ4n) is 4.18. The minimum atomic E-state index is -0.127. The number of ether oxygens (including phenoxy) is 1. The van der Waals surface area contributed by atoms with Crippen LogP contribution in [0.3, 0.4) is 0 Å². The Kier molecular flexibility index (Phi) is 7.14. The summed E-state index contributed by atoms with van der Waals surface area (Å²) in [7, 11) is 1.52. The van der Waals surface area contributed by atoms with E-state index < -0.39 is 0 Å². The number of aliphatic imine (C=N–C) groups is 1. The summed E-state index contributed by atoms with van der Waals surface area (Å²) in [5.41, 5.74) is 5.46. The Balaban J connectivity index is 1.72. The lowest BCUT2D eigenvalue weighted by Gasteiger charge is -2.12. The number of hydrogen-bond donors (Lipinski definition) is 2. The first-order chi connectivity index (χ1) is 16.0. The lowest BCUT2D eigenvalue weighted by molar-refractivity contribution is 0.102. The van der Waals surface area contributed by atoms with Gasteiger partial charge in [0.1, 0.15) is 5.00 Å². The summed E-state index contributed by atoms with van der Waals surface area (Å²) in [5, 5.41) is 14.2. The van der Waals surface area contributed by atoms with E-state index in [4.69, 9.17) is 9.73 Å². The molecule has 0 radical (unpaired) electrons. The third kappa shape index (κ3) is 5.11. The molecule has 1 aliphatic carbocycles. The highest BCUT2D eigenvalue weighted by Crippen LogP contribution is 2.40. The Hall–Kier alpha value is -3.12. The van der Waals surface area contributed by atoms with Crippen LogP contribution >= 0.6 is 11.3 Å². The van der Waals surface area contributed by atoms with E-state index in [2.05, 4.69) is 12.2 Å². The fourth-order valence-corrected chi connectivity index (χ4v) is 5.41. The maximum atomic E-state index is 13.5. The van der Waals surface area contributed by atoms with Gasteiger partial charge in [-0.1, -0.05) is 25.0 Å². The van der Waals surface area contributed by atoms with Crippen molar-refractivity contribution < 1.29 is 14.6 Å². The van der Waals surface area contributed by atoms with Crippen LogP contribution in [0.2, 0.25) is 0 Å². The van der Waals surface area contributed by atoms with Crippen molar-refractivity contribution in [3.8, 4) is 11.5 Å². The first-order valence-electron chi connectivity index (χ1n) is 11.4. The lowest BCUT2D eigenvalue weighted by Crippen LogP contribution is -2.14. The third-order valence-corrected chi connectivity index (χ3v) is 7.42. The smallest absolute Gasteiger partial charge is 0.259 e. The molecule has 0 saturated heterocycles. The van der Waals surface area contributed by atoms with Gasteiger partial charge in [0.2, 0.25) is 0 Å². The van der Waals surface area contributed by atoms with Gasteiger partial charge in [0.15, 0.2) is 11.5 Å². The highest BCUT2D eigenvalue weighted by Gasteiger charge is 2.24. The van der Waals surface area contributed by atoms with Crippen molar-refractivity contribution in [2.75, 3.05) is 12.4 Å². The van der Waals surface area contributed by atoms with E-state index >= 15 is 0 Å². The number of aryl methyl sites for hydroxylation is 3. The molecule has 2 aromatic carbocycles. The molecule has 0 saturated carbocycles. The molecule has 0 bridgehead atoms. The van der Waals surface area contributed by atoms with Crippen molar-refractivity contribution in [3.05, 3.63) is 69.1 Å². The van der Waals surface area contributed by atoms with Gasteiger partial charge >= 0.3 is 0 Å². The lowest BCUT2D eigenvalue weighted by atomic mass is 9.96. The largest absolute Gasteiger partial charge is 0.504 e. The van der Waals surface area contributed by atoms with E-state index in [0.29, 0.717) is 21.9 Å². The zero-order valence-corrected chi connectivity index (χ0v) is 20.2. The number of para-hydroxylation sites is 1. The minimum absolute atomic E-state index is 0.0415. The number of thiophene rings is 1. The Labute approximate surface area is 199 Å². The maximum absolute atomic E-state index is 13.5. The number of carbonyl (C=O) groups excluding carboxylic acids is 1. The molecule has 1 amide bonds. The number of fused-ring (bicyclic) bond motifs is 1. The van der Waals surface area contributed by atoms with Crippen LogP contribution in [-0.2, 0) is 12.8 Å². The van der Waals surface area contributed by atoms with Gasteiger partial charge < -0.3 is 15.2 Å². The van der Waals surface area contributed by atoms with Gasteiger partial charge in [-0.2, -0.15) is 0 Å². The number of benzene rings is 2. The Morgan fingerprint density at radius 3 is 2.64 bits per heavy atom. The number of hydrogen-bond acceptors (Lipinski definition) is 5. The number of phenolic OH excluding ortho intramolecular Hbond substituents is 1. The van der Waals surface area contributed by atoms with Crippen molar-refractivity contribution in [1.29, 1.82) is 0 Å². The van der Waals surface area contributed by atoms with E-state index in [-0.39, 0.29) is 11.7 Å². The van der Waals surface area contributed by atoms with Crippen LogP contribution in [0.4, 0.5) is 10.7 Å². The van der Waals surface area contributed by atoms with Crippen molar-refractivity contribution in [3.63, 3.8) is 0 Å². The highest BCUT2D eigenvalue weighted by molar-refractivity contribution is 7.16. The standard InChI is InChI=1S/C27H30N2O3S/c1-17-13-14-20(15-18(17)2)29-26(31)24-21-10-6-4-5-7-12-23(21)33-27(24)28-16-19-9-8-11-22(32-3)25(19)30/h8-9,11,13-16,30H,4-7,10,12H2,1-3H3,(H,29,31). The van der Waals surface area contributed by atoms with Crippen LogP contribution in [0.5, 0.6) is 11.5 Å². The molecule has 5 nitrogen and oxygen atoms in total. The highest BCUT2D eigenvalue weighted by atomic mass is 32.1. The van der Waals surface area contributed by atoms with E-state index in [1.54, 1.807) is 35.8 Å². The molecule has 172 valence electrons. The van der Waals surface area contributed by atoms with Gasteiger partial charge in [0.05, 0.1) is 12.7 Å². The molecule has 0 fully saturated rings. The van der Waals surface area contributed by atoms with Crippen molar-refractivity contribution >= 4 is 34.1 Å². The molecule has 3 aromatic rings. The molecule has 0 unspecified atom stereocenters. The molecule has 1 aliphatic rings. The van der Waals surface area contributed by atoms with Crippen molar-refractivity contribution in [2.24, 2.45) is 4.99 Å². The second-order valence-electron chi connectivity index (χ2n) is 8.51. The van der Waals surface area contributed by atoms with Crippen LogP contribution in [0.25, 0.3) is 0 Å². The Bertz CT molecular complexity index is 1200. The third-order valence-electron chi connectivity index (χ3n) is 6.22. The predicted octanol–water partition coefficient (Wildman–Crippen LogP) is 6.74. The molecular weight excluding hydrogens is 432 g/mol. The van der Waals surface area contributed by atoms with Crippen LogP contribution < -0.4 is 10.1 Å². The summed E-state index contributed by atoms with van der Waals surface area (Å²) in [6.07, 6.45) is 8.09. The van der Waals surface area contributed by atoms with Crippen LogP contribution in [0, 0.1) is 13.8 Å². The van der Waals surface area contributed by atoms with E-state index in [0.717, 1.165) is 42.5 Å². The number of carbonyl (C=O) groups is 1. The molecule has 4 rings (SSSR count). The van der Waals surface area contributed by atoms with E-state index in [9.17, 15) is 9.90 Å². The van der Waals surface area contributed by atoms with Gasteiger partial charge in [-0.15, -0.1) is 11.3 Å². The summed E-state index contributed by atoms with van der Waals surface area (Å²) >= 11 is 1.59. The van der Waals surface area contributed by atoms with Crippen LogP contribution in [-0.4, -0.2) is 24.3 Å². The number of anilines is 1. The quantitative estimate of drug-likeness (QED) is 0.412. The minimum Gasteiger partial charge on any atom is -0.504 e. The van der Waals surface area contributed by atoms with Gasteiger partial charge in [-0.3, -0.25) is 4.79 Å². The van der Waals surface area contributed by atoms with Crippen molar-refractivity contribution in [1.82, 2.24) is 0 Å². The molecule has 2 N–H and O–H groups in total. The number of phenols is 1.